The fourth-order valence-corrected chi connectivity index (χ4v) is 1.93. The first-order valence-corrected chi connectivity index (χ1v) is 5.98. The molecule has 0 unspecified atom stereocenters. The maximum atomic E-state index is 11.1. The average Bonchev–Trinajstić information content (AvgIpc) is 2.17. The minimum Gasteiger partial charge on any atom is -0.497 e. The monoisotopic (exact) mass is 247 g/mol. The highest BCUT2D eigenvalue weighted by Gasteiger charge is 2.15. The molecule has 0 N–H and O–H groups in total. The minimum absolute atomic E-state index is 0.0618. The van der Waals surface area contributed by atoms with Gasteiger partial charge in [-0.05, 0) is 17.7 Å². The molecule has 0 atom stereocenters. The standard InChI is InChI=1S/C7H6ClN3O3S/c1-14-5-2-3-6(10-11-9)7(4-5)15(8,12)13/h2-4H,1H3. The van der Waals surface area contributed by atoms with Gasteiger partial charge in [-0.15, -0.1) is 0 Å². The van der Waals surface area contributed by atoms with E-state index in [2.05, 4.69) is 10.0 Å². The smallest absolute Gasteiger partial charge is 0.261 e. The van der Waals surface area contributed by atoms with E-state index in [9.17, 15) is 8.42 Å². The zero-order chi connectivity index (χ0) is 11.5. The molecule has 1 aromatic rings. The summed E-state index contributed by atoms with van der Waals surface area (Å²) in [7, 11) is 2.58. The van der Waals surface area contributed by atoms with Crippen LogP contribution in [0, 0.1) is 0 Å². The highest BCUT2D eigenvalue weighted by atomic mass is 35.7. The lowest BCUT2D eigenvalue weighted by Gasteiger charge is -2.04. The lowest BCUT2D eigenvalue weighted by atomic mass is 10.3. The van der Waals surface area contributed by atoms with E-state index in [1.807, 2.05) is 0 Å². The summed E-state index contributed by atoms with van der Waals surface area (Å²) < 4.78 is 27.1. The van der Waals surface area contributed by atoms with Crippen LogP contribution < -0.4 is 4.74 Å². The van der Waals surface area contributed by atoms with E-state index >= 15 is 0 Å². The zero-order valence-corrected chi connectivity index (χ0v) is 9.16. The topological polar surface area (TPSA) is 92.1 Å². The minimum atomic E-state index is -3.96. The molecule has 0 spiro atoms. The van der Waals surface area contributed by atoms with E-state index in [1.165, 1.54) is 25.3 Å². The summed E-state index contributed by atoms with van der Waals surface area (Å²) in [4.78, 5) is 2.22. The third-order valence-electron chi connectivity index (χ3n) is 1.58. The van der Waals surface area contributed by atoms with Crippen LogP contribution in [0.4, 0.5) is 5.69 Å². The van der Waals surface area contributed by atoms with E-state index in [1.54, 1.807) is 0 Å². The van der Waals surface area contributed by atoms with Crippen molar-refractivity contribution >= 4 is 25.4 Å². The summed E-state index contributed by atoms with van der Waals surface area (Å²) in [5.41, 5.74) is 8.16. The van der Waals surface area contributed by atoms with Gasteiger partial charge in [0.25, 0.3) is 9.05 Å². The molecule has 0 radical (unpaired) electrons. The van der Waals surface area contributed by atoms with E-state index in [0.717, 1.165) is 0 Å². The summed E-state index contributed by atoms with van der Waals surface area (Å²) in [6.45, 7) is 0. The number of hydrogen-bond donors (Lipinski definition) is 0. The maximum Gasteiger partial charge on any atom is 0.261 e. The van der Waals surface area contributed by atoms with E-state index < -0.39 is 9.05 Å². The van der Waals surface area contributed by atoms with Crippen molar-refractivity contribution < 1.29 is 13.2 Å². The van der Waals surface area contributed by atoms with Gasteiger partial charge < -0.3 is 4.74 Å². The molecule has 0 fully saturated rings. The molecule has 15 heavy (non-hydrogen) atoms. The average molecular weight is 248 g/mol. The van der Waals surface area contributed by atoms with Crippen molar-refractivity contribution in [3.8, 4) is 5.75 Å². The molecule has 0 amide bonds. The number of nitrogens with zero attached hydrogens (tertiary/aromatic N) is 3. The van der Waals surface area contributed by atoms with Gasteiger partial charge in [-0.25, -0.2) is 8.42 Å². The van der Waals surface area contributed by atoms with Crippen LogP contribution >= 0.6 is 10.7 Å². The van der Waals surface area contributed by atoms with Gasteiger partial charge in [0.15, 0.2) is 0 Å². The van der Waals surface area contributed by atoms with Crippen LogP contribution in [0.1, 0.15) is 0 Å². The Morgan fingerprint density at radius 2 is 2.20 bits per heavy atom. The lowest BCUT2D eigenvalue weighted by Crippen LogP contribution is -1.92. The van der Waals surface area contributed by atoms with Crippen molar-refractivity contribution in [3.05, 3.63) is 28.6 Å². The Kier molecular flexibility index (Phi) is 3.41. The fraction of sp³-hybridized carbons (Fsp3) is 0.143. The number of benzene rings is 1. The quantitative estimate of drug-likeness (QED) is 0.356. The highest BCUT2D eigenvalue weighted by molar-refractivity contribution is 8.13. The first-order chi connectivity index (χ1) is 6.99. The molecule has 0 aliphatic carbocycles. The van der Waals surface area contributed by atoms with Gasteiger partial charge in [0.2, 0.25) is 0 Å². The van der Waals surface area contributed by atoms with Crippen LogP contribution in [0.3, 0.4) is 0 Å². The van der Waals surface area contributed by atoms with Crippen molar-refractivity contribution in [2.75, 3.05) is 7.11 Å². The van der Waals surface area contributed by atoms with Gasteiger partial charge in [-0.3, -0.25) is 0 Å². The molecule has 1 aromatic carbocycles. The SMILES string of the molecule is COc1ccc(N=[N+]=[N-])c(S(=O)(=O)Cl)c1. The largest absolute Gasteiger partial charge is 0.497 e. The Morgan fingerprint density at radius 1 is 1.53 bits per heavy atom. The van der Waals surface area contributed by atoms with Crippen molar-refractivity contribution in [2.24, 2.45) is 5.11 Å². The summed E-state index contributed by atoms with van der Waals surface area (Å²) in [6.07, 6.45) is 0. The van der Waals surface area contributed by atoms with Crippen LogP contribution in [-0.2, 0) is 9.05 Å². The van der Waals surface area contributed by atoms with Crippen molar-refractivity contribution in [1.29, 1.82) is 0 Å². The summed E-state index contributed by atoms with van der Waals surface area (Å²) in [5, 5.41) is 3.21. The Hall–Kier alpha value is -1.43. The number of azide groups is 1. The number of methoxy groups -OCH3 is 1. The van der Waals surface area contributed by atoms with Crippen molar-refractivity contribution in [2.45, 2.75) is 4.90 Å². The van der Waals surface area contributed by atoms with Gasteiger partial charge in [-0.1, -0.05) is 5.11 Å². The Labute approximate surface area is 90.5 Å². The summed E-state index contributed by atoms with van der Waals surface area (Å²) in [5.74, 6) is 0.311. The normalized spacial score (nSPS) is 10.5. The maximum absolute atomic E-state index is 11.1. The number of rotatable bonds is 3. The first kappa shape index (κ1) is 11.6. The number of hydrogen-bond acceptors (Lipinski definition) is 4. The second kappa shape index (κ2) is 4.39. The van der Waals surface area contributed by atoms with Crippen LogP contribution in [-0.4, -0.2) is 15.5 Å². The van der Waals surface area contributed by atoms with Crippen molar-refractivity contribution in [1.82, 2.24) is 0 Å². The summed E-state index contributed by atoms with van der Waals surface area (Å²) in [6, 6.07) is 3.97. The zero-order valence-electron chi connectivity index (χ0n) is 7.58. The lowest BCUT2D eigenvalue weighted by molar-refractivity contribution is 0.413. The molecule has 0 saturated carbocycles. The number of ether oxygens (including phenoxy) is 1. The van der Waals surface area contributed by atoms with Gasteiger partial charge in [0.1, 0.15) is 5.75 Å². The van der Waals surface area contributed by atoms with Gasteiger partial charge in [-0.2, -0.15) is 0 Å². The van der Waals surface area contributed by atoms with E-state index in [-0.39, 0.29) is 10.6 Å². The second-order valence-electron chi connectivity index (χ2n) is 2.46. The van der Waals surface area contributed by atoms with E-state index in [4.69, 9.17) is 21.0 Å². The van der Waals surface area contributed by atoms with Crippen LogP contribution in [0.2, 0.25) is 0 Å². The Bertz CT molecular complexity index is 522. The van der Waals surface area contributed by atoms with E-state index in [0.29, 0.717) is 5.75 Å². The Morgan fingerprint density at radius 3 is 2.67 bits per heavy atom. The number of halogens is 1. The third kappa shape index (κ3) is 2.76. The molecule has 0 aromatic heterocycles. The first-order valence-electron chi connectivity index (χ1n) is 3.67. The van der Waals surface area contributed by atoms with Gasteiger partial charge in [0.05, 0.1) is 17.7 Å². The molecule has 0 aliphatic rings. The third-order valence-corrected chi connectivity index (χ3v) is 2.93. The van der Waals surface area contributed by atoms with Crippen molar-refractivity contribution in [3.63, 3.8) is 0 Å². The Balaban J connectivity index is 3.49. The molecule has 6 nitrogen and oxygen atoms in total. The predicted octanol–water partition coefficient (Wildman–Crippen LogP) is 2.56. The molecular weight excluding hydrogens is 242 g/mol. The molecule has 0 aliphatic heterocycles. The molecule has 1 rings (SSSR count). The van der Waals surface area contributed by atoms with Crippen LogP contribution in [0.5, 0.6) is 5.75 Å². The molecule has 80 valence electrons. The predicted molar refractivity (Wildman–Crippen MR) is 54.8 cm³/mol. The molecule has 0 bridgehead atoms. The molecule has 0 saturated heterocycles. The van der Waals surface area contributed by atoms with Gasteiger partial charge in [0, 0.05) is 21.7 Å². The molecule has 8 heteroatoms. The summed E-state index contributed by atoms with van der Waals surface area (Å²) >= 11 is 0. The molecular formula is C7H6ClN3O3S. The van der Waals surface area contributed by atoms with Crippen LogP contribution in [0.25, 0.3) is 10.4 Å². The second-order valence-corrected chi connectivity index (χ2v) is 5.00. The molecule has 0 heterocycles. The fourth-order valence-electron chi connectivity index (χ4n) is 0.948. The van der Waals surface area contributed by atoms with Gasteiger partial charge >= 0.3 is 0 Å². The van der Waals surface area contributed by atoms with Crippen LogP contribution in [0.15, 0.2) is 28.2 Å². The highest BCUT2D eigenvalue weighted by Crippen LogP contribution is 2.30.